The van der Waals surface area contributed by atoms with E-state index in [4.69, 9.17) is 0 Å². The van der Waals surface area contributed by atoms with Gasteiger partial charge < -0.3 is 5.32 Å². The third kappa shape index (κ3) is 2.14. The largest absolute Gasteiger partial charge is 0.373 e. The summed E-state index contributed by atoms with van der Waals surface area (Å²) in [4.78, 5) is 4.39. The number of thioether (sulfide) groups is 1. The summed E-state index contributed by atoms with van der Waals surface area (Å²) in [5, 5.41) is 3.02. The van der Waals surface area contributed by atoms with Crippen LogP contribution in [0.15, 0.2) is 12.1 Å². The molecule has 12 heavy (non-hydrogen) atoms. The van der Waals surface area contributed by atoms with Gasteiger partial charge in [-0.3, -0.25) is 0 Å². The van der Waals surface area contributed by atoms with Crippen molar-refractivity contribution in [2.45, 2.75) is 12.7 Å². The van der Waals surface area contributed by atoms with Crippen LogP contribution in [0.1, 0.15) is 11.3 Å². The summed E-state index contributed by atoms with van der Waals surface area (Å²) in [5.74, 6) is 1.99. The first-order chi connectivity index (χ1) is 5.77. The van der Waals surface area contributed by atoms with Crippen molar-refractivity contribution in [3.63, 3.8) is 0 Å². The summed E-state index contributed by atoms with van der Waals surface area (Å²) in [6.07, 6.45) is 2.10. The molecule has 1 heterocycles. The molecule has 3 heteroatoms. The fourth-order valence-electron chi connectivity index (χ4n) is 1.04. The molecule has 1 aromatic heterocycles. The van der Waals surface area contributed by atoms with Gasteiger partial charge in [0.2, 0.25) is 0 Å². The highest BCUT2D eigenvalue weighted by Gasteiger charge is 1.98. The van der Waals surface area contributed by atoms with Crippen molar-refractivity contribution in [3.05, 3.63) is 23.4 Å². The fourth-order valence-corrected chi connectivity index (χ4v) is 1.65. The fraction of sp³-hybridized carbons (Fsp3) is 0.444. The van der Waals surface area contributed by atoms with E-state index >= 15 is 0 Å². The van der Waals surface area contributed by atoms with Crippen molar-refractivity contribution in [2.75, 3.05) is 18.6 Å². The van der Waals surface area contributed by atoms with Crippen molar-refractivity contribution in [1.82, 2.24) is 4.98 Å². The maximum absolute atomic E-state index is 4.39. The van der Waals surface area contributed by atoms with Crippen LogP contribution in [0.4, 0.5) is 5.82 Å². The summed E-state index contributed by atoms with van der Waals surface area (Å²) in [6.45, 7) is 2.05. The summed E-state index contributed by atoms with van der Waals surface area (Å²) in [5.41, 5.74) is 2.44. The zero-order valence-corrected chi connectivity index (χ0v) is 8.53. The van der Waals surface area contributed by atoms with Crippen molar-refractivity contribution in [3.8, 4) is 0 Å². The van der Waals surface area contributed by atoms with E-state index in [1.165, 1.54) is 5.56 Å². The zero-order chi connectivity index (χ0) is 8.97. The second-order valence-corrected chi connectivity index (χ2v) is 3.49. The molecule has 0 fully saturated rings. The van der Waals surface area contributed by atoms with E-state index in [1.807, 2.05) is 31.8 Å². The van der Waals surface area contributed by atoms with Gasteiger partial charge in [-0.2, -0.15) is 11.8 Å². The number of hydrogen-bond acceptors (Lipinski definition) is 3. The van der Waals surface area contributed by atoms with Gasteiger partial charge in [-0.05, 0) is 24.8 Å². The molecule has 2 nitrogen and oxygen atoms in total. The monoisotopic (exact) mass is 182 g/mol. The molecule has 1 N–H and O–H groups in total. The Morgan fingerprint density at radius 1 is 1.50 bits per heavy atom. The van der Waals surface area contributed by atoms with E-state index in [9.17, 15) is 0 Å². The number of anilines is 1. The van der Waals surface area contributed by atoms with Gasteiger partial charge in [0.15, 0.2) is 0 Å². The second kappa shape index (κ2) is 4.36. The van der Waals surface area contributed by atoms with E-state index in [0.29, 0.717) is 0 Å². The van der Waals surface area contributed by atoms with Gasteiger partial charge in [0.25, 0.3) is 0 Å². The van der Waals surface area contributed by atoms with E-state index in [0.717, 1.165) is 17.3 Å². The summed E-state index contributed by atoms with van der Waals surface area (Å²) in [6, 6.07) is 4.14. The van der Waals surface area contributed by atoms with Crippen LogP contribution in [0.25, 0.3) is 0 Å². The molecule has 0 spiro atoms. The third-order valence-corrected chi connectivity index (χ3v) is 2.35. The Morgan fingerprint density at radius 3 is 2.75 bits per heavy atom. The lowest BCUT2D eigenvalue weighted by Gasteiger charge is -2.05. The predicted molar refractivity (Wildman–Crippen MR) is 55.7 cm³/mol. The molecule has 0 aromatic carbocycles. The maximum atomic E-state index is 4.39. The maximum Gasteiger partial charge on any atom is 0.125 e. The SMILES string of the molecule is CNc1ccc(CSC)c(C)n1. The standard InChI is InChI=1S/C9H14N2S/c1-7-8(6-12-3)4-5-9(10-2)11-7/h4-5H,6H2,1-3H3,(H,10,11). The third-order valence-electron chi connectivity index (χ3n) is 1.75. The van der Waals surface area contributed by atoms with Crippen molar-refractivity contribution in [1.29, 1.82) is 0 Å². The summed E-state index contributed by atoms with van der Waals surface area (Å²) >= 11 is 1.82. The van der Waals surface area contributed by atoms with Crippen LogP contribution in [0.5, 0.6) is 0 Å². The number of rotatable bonds is 3. The van der Waals surface area contributed by atoms with Crippen molar-refractivity contribution >= 4 is 17.6 Å². The van der Waals surface area contributed by atoms with Gasteiger partial charge in [0, 0.05) is 18.5 Å². The summed E-state index contributed by atoms with van der Waals surface area (Å²) < 4.78 is 0. The number of nitrogens with zero attached hydrogens (tertiary/aromatic N) is 1. The van der Waals surface area contributed by atoms with Crippen LogP contribution in [-0.4, -0.2) is 18.3 Å². The normalized spacial score (nSPS) is 9.92. The lowest BCUT2D eigenvalue weighted by Crippen LogP contribution is -1.96. The molecule has 1 aromatic rings. The highest BCUT2D eigenvalue weighted by atomic mass is 32.2. The van der Waals surface area contributed by atoms with Gasteiger partial charge in [-0.1, -0.05) is 6.07 Å². The number of hydrogen-bond donors (Lipinski definition) is 1. The molecule has 0 aliphatic carbocycles. The average molecular weight is 182 g/mol. The van der Waals surface area contributed by atoms with Crippen LogP contribution >= 0.6 is 11.8 Å². The minimum Gasteiger partial charge on any atom is -0.373 e. The molecule has 0 bridgehead atoms. The molecule has 0 atom stereocenters. The summed E-state index contributed by atoms with van der Waals surface area (Å²) in [7, 11) is 1.88. The minimum absolute atomic E-state index is 0.942. The molecule has 0 saturated carbocycles. The molecule has 0 saturated heterocycles. The molecule has 66 valence electrons. The Balaban J connectivity index is 2.87. The molecule has 0 amide bonds. The van der Waals surface area contributed by atoms with Crippen molar-refractivity contribution in [2.24, 2.45) is 0 Å². The lowest BCUT2D eigenvalue weighted by molar-refractivity contribution is 1.13. The Morgan fingerprint density at radius 2 is 2.25 bits per heavy atom. The first-order valence-electron chi connectivity index (χ1n) is 3.91. The Bertz CT molecular complexity index is 261. The number of nitrogens with one attached hydrogen (secondary N) is 1. The quantitative estimate of drug-likeness (QED) is 0.776. The van der Waals surface area contributed by atoms with Crippen LogP contribution < -0.4 is 5.32 Å². The van der Waals surface area contributed by atoms with E-state index in [-0.39, 0.29) is 0 Å². The lowest BCUT2D eigenvalue weighted by atomic mass is 10.2. The minimum atomic E-state index is 0.942. The number of pyridine rings is 1. The highest BCUT2D eigenvalue weighted by molar-refractivity contribution is 7.97. The first-order valence-corrected chi connectivity index (χ1v) is 5.30. The van der Waals surface area contributed by atoms with Gasteiger partial charge in [0.05, 0.1) is 0 Å². The molecule has 0 radical (unpaired) electrons. The number of aryl methyl sites for hydroxylation is 1. The highest BCUT2D eigenvalue weighted by Crippen LogP contribution is 2.14. The van der Waals surface area contributed by atoms with Crippen LogP contribution in [0, 0.1) is 6.92 Å². The Labute approximate surface area is 77.8 Å². The molecule has 0 aliphatic heterocycles. The molecule has 1 rings (SSSR count). The van der Waals surface area contributed by atoms with Crippen LogP contribution in [-0.2, 0) is 5.75 Å². The molecule has 0 aliphatic rings. The Kier molecular flexibility index (Phi) is 3.41. The molecular weight excluding hydrogens is 168 g/mol. The number of aromatic nitrogens is 1. The van der Waals surface area contributed by atoms with Gasteiger partial charge in [-0.15, -0.1) is 0 Å². The molecule has 0 unspecified atom stereocenters. The van der Waals surface area contributed by atoms with Crippen molar-refractivity contribution < 1.29 is 0 Å². The smallest absolute Gasteiger partial charge is 0.125 e. The average Bonchev–Trinajstić information content (AvgIpc) is 2.09. The van der Waals surface area contributed by atoms with Crippen LogP contribution in [0.3, 0.4) is 0 Å². The second-order valence-electron chi connectivity index (χ2n) is 2.62. The first kappa shape index (κ1) is 9.39. The molecular formula is C9H14N2S. The predicted octanol–water partition coefficient (Wildman–Crippen LogP) is 2.29. The van der Waals surface area contributed by atoms with Gasteiger partial charge in [-0.25, -0.2) is 4.98 Å². The van der Waals surface area contributed by atoms with E-state index in [1.54, 1.807) is 0 Å². The van der Waals surface area contributed by atoms with E-state index in [2.05, 4.69) is 22.6 Å². The zero-order valence-electron chi connectivity index (χ0n) is 7.72. The van der Waals surface area contributed by atoms with Crippen LogP contribution in [0.2, 0.25) is 0 Å². The van der Waals surface area contributed by atoms with E-state index < -0.39 is 0 Å². The Hall–Kier alpha value is -0.700. The van der Waals surface area contributed by atoms with Gasteiger partial charge in [0.1, 0.15) is 5.82 Å². The van der Waals surface area contributed by atoms with Gasteiger partial charge >= 0.3 is 0 Å². The topological polar surface area (TPSA) is 24.9 Å².